The Morgan fingerprint density at radius 3 is 2.58 bits per heavy atom. The van der Waals surface area contributed by atoms with Crippen molar-refractivity contribution < 1.29 is 9.47 Å². The fourth-order valence-electron chi connectivity index (χ4n) is 2.53. The molecule has 0 aliphatic rings. The lowest BCUT2D eigenvalue weighted by Gasteiger charge is -2.17. The van der Waals surface area contributed by atoms with E-state index in [9.17, 15) is 0 Å². The molecular weight excluding hydrogens is 434 g/mol. The highest BCUT2D eigenvalue weighted by atomic mass is 79.9. The van der Waals surface area contributed by atoms with Crippen molar-refractivity contribution >= 4 is 38.9 Å². The number of nitrogens with one attached hydrogen (secondary N) is 1. The van der Waals surface area contributed by atoms with Crippen molar-refractivity contribution in [2.45, 2.75) is 19.7 Å². The summed E-state index contributed by atoms with van der Waals surface area (Å²) in [4.78, 5) is 1.30. The second-order valence-electron chi connectivity index (χ2n) is 5.66. The predicted molar refractivity (Wildman–Crippen MR) is 111 cm³/mol. The lowest BCUT2D eigenvalue weighted by Crippen LogP contribution is -2.14. The van der Waals surface area contributed by atoms with Crippen molar-refractivity contribution in [3.63, 3.8) is 0 Å². The first-order valence-electron chi connectivity index (χ1n) is 8.13. The Balaban J connectivity index is 1.74. The van der Waals surface area contributed by atoms with Crippen LogP contribution in [0.2, 0.25) is 5.02 Å². The maximum absolute atomic E-state index is 6.12. The third kappa shape index (κ3) is 5.01. The van der Waals surface area contributed by atoms with Gasteiger partial charge in [-0.2, -0.15) is 0 Å². The van der Waals surface area contributed by atoms with Crippen molar-refractivity contribution in [2.75, 3.05) is 7.11 Å². The molecule has 1 heterocycles. The number of thiophene rings is 1. The predicted octanol–water partition coefficient (Wildman–Crippen LogP) is 6.04. The van der Waals surface area contributed by atoms with Gasteiger partial charge >= 0.3 is 0 Å². The van der Waals surface area contributed by atoms with E-state index in [0.717, 1.165) is 33.6 Å². The van der Waals surface area contributed by atoms with E-state index < -0.39 is 0 Å². The summed E-state index contributed by atoms with van der Waals surface area (Å²) in [6.07, 6.45) is 0. The van der Waals surface area contributed by atoms with Crippen LogP contribution in [0.15, 0.2) is 58.4 Å². The van der Waals surface area contributed by atoms with Crippen molar-refractivity contribution in [3.05, 3.63) is 79.4 Å². The standard InChI is InChI=1S/C20H19BrClNO2S/c1-24-19-9-8-18(21)17(12-23-11-16-3-2-10-26-16)20(19)25-13-14-4-6-15(22)7-5-14/h2-10,23H,11-13H2,1H3. The molecule has 0 saturated heterocycles. The van der Waals surface area contributed by atoms with E-state index in [0.29, 0.717) is 18.2 Å². The van der Waals surface area contributed by atoms with E-state index >= 15 is 0 Å². The SMILES string of the molecule is COc1ccc(Br)c(CNCc2cccs2)c1OCc1ccc(Cl)cc1. The number of hydrogen-bond acceptors (Lipinski definition) is 4. The summed E-state index contributed by atoms with van der Waals surface area (Å²) in [6.45, 7) is 1.94. The van der Waals surface area contributed by atoms with Crippen LogP contribution in [0.25, 0.3) is 0 Å². The molecule has 0 bridgehead atoms. The molecule has 136 valence electrons. The number of methoxy groups -OCH3 is 1. The minimum absolute atomic E-state index is 0.446. The number of rotatable bonds is 8. The quantitative estimate of drug-likeness (QED) is 0.452. The Morgan fingerprint density at radius 2 is 1.88 bits per heavy atom. The van der Waals surface area contributed by atoms with Crippen LogP contribution in [0, 0.1) is 0 Å². The third-order valence-corrected chi connectivity index (χ3v) is 5.74. The molecule has 3 aromatic rings. The molecule has 6 heteroatoms. The van der Waals surface area contributed by atoms with Crippen LogP contribution in [0.3, 0.4) is 0 Å². The number of benzene rings is 2. The summed E-state index contributed by atoms with van der Waals surface area (Å²) < 4.78 is 12.6. The molecule has 0 aliphatic heterocycles. The van der Waals surface area contributed by atoms with E-state index in [2.05, 4.69) is 38.8 Å². The summed E-state index contributed by atoms with van der Waals surface area (Å²) >= 11 is 11.3. The zero-order valence-corrected chi connectivity index (χ0v) is 17.5. The fourth-order valence-corrected chi connectivity index (χ4v) is 3.78. The molecule has 1 N–H and O–H groups in total. The number of hydrogen-bond donors (Lipinski definition) is 1. The van der Waals surface area contributed by atoms with E-state index in [1.807, 2.05) is 36.4 Å². The van der Waals surface area contributed by atoms with Gasteiger partial charge in [0.1, 0.15) is 6.61 Å². The summed E-state index contributed by atoms with van der Waals surface area (Å²) in [6, 6.07) is 15.7. The molecule has 0 aliphatic carbocycles. The molecule has 1 aromatic heterocycles. The van der Waals surface area contributed by atoms with Crippen LogP contribution in [-0.4, -0.2) is 7.11 Å². The smallest absolute Gasteiger partial charge is 0.167 e. The minimum atomic E-state index is 0.446. The van der Waals surface area contributed by atoms with Crippen LogP contribution >= 0.6 is 38.9 Å². The molecule has 3 nitrogen and oxygen atoms in total. The van der Waals surface area contributed by atoms with Crippen LogP contribution in [0.5, 0.6) is 11.5 Å². The first-order valence-corrected chi connectivity index (χ1v) is 10.2. The Labute approximate surface area is 171 Å². The first-order chi connectivity index (χ1) is 12.7. The average molecular weight is 453 g/mol. The minimum Gasteiger partial charge on any atom is -0.493 e. The molecule has 0 unspecified atom stereocenters. The molecule has 3 rings (SSSR count). The van der Waals surface area contributed by atoms with Crippen molar-refractivity contribution in [3.8, 4) is 11.5 Å². The van der Waals surface area contributed by atoms with Crippen LogP contribution in [0.1, 0.15) is 16.0 Å². The van der Waals surface area contributed by atoms with Crippen molar-refractivity contribution in [1.29, 1.82) is 0 Å². The zero-order chi connectivity index (χ0) is 18.4. The van der Waals surface area contributed by atoms with Gasteiger partial charge < -0.3 is 14.8 Å². The average Bonchev–Trinajstić information content (AvgIpc) is 3.16. The Bertz CT molecular complexity index is 838. The lowest BCUT2D eigenvalue weighted by atomic mass is 10.1. The molecule has 0 spiro atoms. The van der Waals surface area contributed by atoms with E-state index in [-0.39, 0.29) is 0 Å². The summed E-state index contributed by atoms with van der Waals surface area (Å²) in [7, 11) is 1.65. The molecule has 0 amide bonds. The van der Waals surface area contributed by atoms with Gasteiger partial charge in [-0.25, -0.2) is 0 Å². The van der Waals surface area contributed by atoms with Gasteiger partial charge in [0.2, 0.25) is 0 Å². The Morgan fingerprint density at radius 1 is 1.08 bits per heavy atom. The van der Waals surface area contributed by atoms with Crippen molar-refractivity contribution in [1.82, 2.24) is 5.32 Å². The van der Waals surface area contributed by atoms with Gasteiger partial charge in [0.05, 0.1) is 7.11 Å². The van der Waals surface area contributed by atoms with Crippen LogP contribution in [-0.2, 0) is 19.7 Å². The highest BCUT2D eigenvalue weighted by Crippen LogP contribution is 2.37. The van der Waals surface area contributed by atoms with E-state index in [1.54, 1.807) is 18.4 Å². The van der Waals surface area contributed by atoms with Gasteiger partial charge in [0.15, 0.2) is 11.5 Å². The molecule has 2 aromatic carbocycles. The van der Waals surface area contributed by atoms with Crippen LogP contribution in [0.4, 0.5) is 0 Å². The third-order valence-electron chi connectivity index (χ3n) is 3.86. The van der Waals surface area contributed by atoms with Crippen molar-refractivity contribution in [2.24, 2.45) is 0 Å². The molecule has 0 saturated carbocycles. The Kier molecular flexibility index (Phi) is 6.97. The Hall–Kier alpha value is -1.53. The van der Waals surface area contributed by atoms with Gasteiger partial charge in [0.25, 0.3) is 0 Å². The zero-order valence-electron chi connectivity index (χ0n) is 14.3. The maximum atomic E-state index is 6.12. The maximum Gasteiger partial charge on any atom is 0.167 e. The monoisotopic (exact) mass is 451 g/mol. The molecule has 0 radical (unpaired) electrons. The highest BCUT2D eigenvalue weighted by molar-refractivity contribution is 9.10. The second-order valence-corrected chi connectivity index (χ2v) is 7.98. The highest BCUT2D eigenvalue weighted by Gasteiger charge is 2.15. The first kappa shape index (κ1) is 19.2. The largest absolute Gasteiger partial charge is 0.493 e. The van der Waals surface area contributed by atoms with E-state index in [1.165, 1.54) is 4.88 Å². The number of ether oxygens (including phenoxy) is 2. The van der Waals surface area contributed by atoms with Gasteiger partial charge in [-0.1, -0.05) is 45.7 Å². The fraction of sp³-hybridized carbons (Fsp3) is 0.200. The normalized spacial score (nSPS) is 10.7. The molecule has 26 heavy (non-hydrogen) atoms. The van der Waals surface area contributed by atoms with Gasteiger partial charge in [-0.15, -0.1) is 11.3 Å². The van der Waals surface area contributed by atoms with E-state index in [4.69, 9.17) is 21.1 Å². The van der Waals surface area contributed by atoms with Gasteiger partial charge in [-0.05, 0) is 41.3 Å². The van der Waals surface area contributed by atoms with Crippen LogP contribution < -0.4 is 14.8 Å². The summed E-state index contributed by atoms with van der Waals surface area (Å²) in [5, 5.41) is 6.27. The lowest BCUT2D eigenvalue weighted by molar-refractivity contribution is 0.280. The second kappa shape index (κ2) is 9.42. The number of halogens is 2. The molecule has 0 atom stereocenters. The summed E-state index contributed by atoms with van der Waals surface area (Å²) in [5.41, 5.74) is 2.09. The van der Waals surface area contributed by atoms with Gasteiger partial charge in [-0.3, -0.25) is 0 Å². The molecular formula is C20H19BrClNO2S. The summed E-state index contributed by atoms with van der Waals surface area (Å²) in [5.74, 6) is 1.46. The molecule has 0 fully saturated rings. The van der Waals surface area contributed by atoms with Gasteiger partial charge in [0, 0.05) is 33.0 Å². The topological polar surface area (TPSA) is 30.5 Å².